The molecule has 1 N–H and O–H groups in total. The number of nitrogens with one attached hydrogen (secondary N) is 1. The van der Waals surface area contributed by atoms with Gasteiger partial charge in [0, 0.05) is 31.4 Å². The second-order valence-corrected chi connectivity index (χ2v) is 10.4. The standard InChI is InChI=1S/C25H28ClN3O3S/c1-18-5-13-23(14-6-18)33(31,32)29(24-15-21(26)10-7-19(24)2)17-25(30)27-16-20-8-11-22(12-9-20)28(3)4/h5-15H,16-17H2,1-4H3,(H,27,30). The molecule has 174 valence electrons. The van der Waals surface area contributed by atoms with Gasteiger partial charge in [-0.25, -0.2) is 8.42 Å². The summed E-state index contributed by atoms with van der Waals surface area (Å²) in [4.78, 5) is 14.9. The summed E-state index contributed by atoms with van der Waals surface area (Å²) in [5.41, 5.74) is 3.98. The number of nitrogens with zero attached hydrogens (tertiary/aromatic N) is 2. The zero-order chi connectivity index (χ0) is 24.2. The number of amides is 1. The Balaban J connectivity index is 1.85. The summed E-state index contributed by atoms with van der Waals surface area (Å²) in [6, 6.07) is 19.3. The van der Waals surface area contributed by atoms with Crippen LogP contribution in [0.3, 0.4) is 0 Å². The molecule has 0 aliphatic carbocycles. The molecule has 3 aromatic rings. The molecule has 33 heavy (non-hydrogen) atoms. The van der Waals surface area contributed by atoms with Crippen LogP contribution in [0.1, 0.15) is 16.7 Å². The minimum absolute atomic E-state index is 0.111. The van der Waals surface area contributed by atoms with Crippen LogP contribution in [-0.2, 0) is 21.4 Å². The summed E-state index contributed by atoms with van der Waals surface area (Å²) in [5.74, 6) is -0.415. The second kappa shape index (κ2) is 10.3. The number of rotatable bonds is 8. The van der Waals surface area contributed by atoms with E-state index in [1.165, 1.54) is 0 Å². The van der Waals surface area contributed by atoms with Gasteiger partial charge in [-0.2, -0.15) is 0 Å². The number of carbonyl (C=O) groups excluding carboxylic acids is 1. The quantitative estimate of drug-likeness (QED) is 0.508. The highest BCUT2D eigenvalue weighted by Crippen LogP contribution is 2.29. The Hall–Kier alpha value is -3.03. The molecule has 0 saturated carbocycles. The first-order valence-corrected chi connectivity index (χ1v) is 12.3. The minimum Gasteiger partial charge on any atom is -0.378 e. The lowest BCUT2D eigenvalue weighted by Crippen LogP contribution is -2.41. The number of hydrogen-bond donors (Lipinski definition) is 1. The van der Waals surface area contributed by atoms with E-state index < -0.39 is 15.9 Å². The summed E-state index contributed by atoms with van der Waals surface area (Å²) in [6.07, 6.45) is 0. The first kappa shape index (κ1) is 24.6. The van der Waals surface area contributed by atoms with E-state index in [4.69, 9.17) is 11.6 Å². The lowest BCUT2D eigenvalue weighted by Gasteiger charge is -2.26. The molecule has 0 aliphatic rings. The van der Waals surface area contributed by atoms with E-state index in [1.807, 2.05) is 50.2 Å². The molecule has 0 bridgehead atoms. The van der Waals surface area contributed by atoms with E-state index in [0.29, 0.717) is 22.8 Å². The Bertz CT molecular complexity index is 1220. The van der Waals surface area contributed by atoms with Crippen LogP contribution in [0.5, 0.6) is 0 Å². The smallest absolute Gasteiger partial charge is 0.264 e. The highest BCUT2D eigenvalue weighted by molar-refractivity contribution is 7.92. The van der Waals surface area contributed by atoms with Crippen molar-refractivity contribution in [3.05, 3.63) is 88.4 Å². The fourth-order valence-corrected chi connectivity index (χ4v) is 4.93. The molecular formula is C25H28ClN3O3S. The largest absolute Gasteiger partial charge is 0.378 e. The Morgan fingerprint density at radius 1 is 0.939 bits per heavy atom. The third-order valence-corrected chi connectivity index (χ3v) is 7.29. The van der Waals surface area contributed by atoms with Gasteiger partial charge in [-0.3, -0.25) is 9.10 Å². The van der Waals surface area contributed by atoms with Crippen molar-refractivity contribution in [2.75, 3.05) is 29.8 Å². The third-order valence-electron chi connectivity index (χ3n) is 5.28. The summed E-state index contributed by atoms with van der Waals surface area (Å²) in [6.45, 7) is 3.59. The van der Waals surface area contributed by atoms with E-state index in [9.17, 15) is 13.2 Å². The molecule has 0 fully saturated rings. The van der Waals surface area contributed by atoms with Gasteiger partial charge in [0.15, 0.2) is 0 Å². The normalized spacial score (nSPS) is 11.2. The van der Waals surface area contributed by atoms with Crippen LogP contribution in [0.2, 0.25) is 5.02 Å². The lowest BCUT2D eigenvalue weighted by atomic mass is 10.2. The average Bonchev–Trinajstić information content (AvgIpc) is 2.78. The number of hydrogen-bond acceptors (Lipinski definition) is 4. The fourth-order valence-electron chi connectivity index (χ4n) is 3.29. The maximum absolute atomic E-state index is 13.5. The number of aryl methyl sites for hydroxylation is 2. The van der Waals surface area contributed by atoms with Gasteiger partial charge in [-0.1, -0.05) is 47.5 Å². The predicted octanol–water partition coefficient (Wildman–Crippen LogP) is 4.53. The lowest BCUT2D eigenvalue weighted by molar-refractivity contribution is -0.119. The maximum Gasteiger partial charge on any atom is 0.264 e. The highest BCUT2D eigenvalue weighted by Gasteiger charge is 2.28. The van der Waals surface area contributed by atoms with Crippen molar-refractivity contribution in [3.8, 4) is 0 Å². The van der Waals surface area contributed by atoms with Crippen molar-refractivity contribution in [1.82, 2.24) is 5.32 Å². The van der Waals surface area contributed by atoms with Crippen LogP contribution in [0.4, 0.5) is 11.4 Å². The number of halogens is 1. The van der Waals surface area contributed by atoms with E-state index in [0.717, 1.165) is 21.1 Å². The molecule has 3 aromatic carbocycles. The molecule has 3 rings (SSSR count). The molecule has 0 saturated heterocycles. The molecule has 0 radical (unpaired) electrons. The Labute approximate surface area is 200 Å². The van der Waals surface area contributed by atoms with Gasteiger partial charge in [0.25, 0.3) is 10.0 Å². The van der Waals surface area contributed by atoms with Crippen LogP contribution in [0.15, 0.2) is 71.6 Å². The average molecular weight is 486 g/mol. The SMILES string of the molecule is Cc1ccc(S(=O)(=O)N(CC(=O)NCc2ccc(N(C)C)cc2)c2cc(Cl)ccc2C)cc1. The molecule has 0 unspecified atom stereocenters. The maximum atomic E-state index is 13.5. The molecule has 0 aromatic heterocycles. The van der Waals surface area contributed by atoms with Gasteiger partial charge < -0.3 is 10.2 Å². The predicted molar refractivity (Wildman–Crippen MR) is 135 cm³/mol. The Morgan fingerprint density at radius 3 is 2.18 bits per heavy atom. The molecule has 0 aliphatic heterocycles. The zero-order valence-corrected chi connectivity index (χ0v) is 20.7. The molecule has 1 amide bonds. The van der Waals surface area contributed by atoms with Crippen LogP contribution >= 0.6 is 11.6 Å². The van der Waals surface area contributed by atoms with Crippen molar-refractivity contribution in [1.29, 1.82) is 0 Å². The van der Waals surface area contributed by atoms with Crippen LogP contribution in [-0.4, -0.2) is 35.0 Å². The van der Waals surface area contributed by atoms with Crippen LogP contribution in [0.25, 0.3) is 0 Å². The van der Waals surface area contributed by atoms with E-state index in [2.05, 4.69) is 5.32 Å². The van der Waals surface area contributed by atoms with Crippen molar-refractivity contribution < 1.29 is 13.2 Å². The van der Waals surface area contributed by atoms with Crippen molar-refractivity contribution in [2.24, 2.45) is 0 Å². The van der Waals surface area contributed by atoms with Gasteiger partial charge in [0.1, 0.15) is 6.54 Å². The van der Waals surface area contributed by atoms with E-state index in [1.54, 1.807) is 49.4 Å². The molecule has 0 atom stereocenters. The first-order chi connectivity index (χ1) is 15.6. The van der Waals surface area contributed by atoms with Gasteiger partial charge in [-0.15, -0.1) is 0 Å². The minimum atomic E-state index is -3.99. The van der Waals surface area contributed by atoms with Gasteiger partial charge in [-0.05, 0) is 61.4 Å². The zero-order valence-electron chi connectivity index (χ0n) is 19.2. The number of anilines is 2. The fraction of sp³-hybridized carbons (Fsp3) is 0.240. The van der Waals surface area contributed by atoms with E-state index in [-0.39, 0.29) is 11.4 Å². The first-order valence-electron chi connectivity index (χ1n) is 10.5. The molecule has 6 nitrogen and oxygen atoms in total. The highest BCUT2D eigenvalue weighted by atomic mass is 35.5. The number of sulfonamides is 1. The number of carbonyl (C=O) groups is 1. The molecule has 0 spiro atoms. The van der Waals surface area contributed by atoms with E-state index >= 15 is 0 Å². The summed E-state index contributed by atoms with van der Waals surface area (Å²) in [7, 11) is -0.0829. The topological polar surface area (TPSA) is 69.7 Å². The second-order valence-electron chi connectivity index (χ2n) is 8.09. The molecular weight excluding hydrogens is 458 g/mol. The van der Waals surface area contributed by atoms with Crippen molar-refractivity contribution in [2.45, 2.75) is 25.3 Å². The Kier molecular flexibility index (Phi) is 7.66. The van der Waals surface area contributed by atoms with Gasteiger partial charge in [0.2, 0.25) is 5.91 Å². The third kappa shape index (κ3) is 6.06. The van der Waals surface area contributed by atoms with Gasteiger partial charge in [0.05, 0.1) is 10.6 Å². The Morgan fingerprint density at radius 2 is 1.58 bits per heavy atom. The summed E-state index contributed by atoms with van der Waals surface area (Å²) >= 11 is 6.16. The number of benzene rings is 3. The molecule has 0 heterocycles. The van der Waals surface area contributed by atoms with Crippen LogP contribution in [0, 0.1) is 13.8 Å². The summed E-state index contributed by atoms with van der Waals surface area (Å²) in [5, 5.41) is 3.21. The molecule has 8 heteroatoms. The van der Waals surface area contributed by atoms with Crippen molar-refractivity contribution >= 4 is 38.9 Å². The monoisotopic (exact) mass is 485 g/mol. The van der Waals surface area contributed by atoms with Gasteiger partial charge >= 0.3 is 0 Å². The van der Waals surface area contributed by atoms with Crippen LogP contribution < -0.4 is 14.5 Å². The summed E-state index contributed by atoms with van der Waals surface area (Å²) < 4.78 is 28.1. The van der Waals surface area contributed by atoms with Crippen molar-refractivity contribution in [3.63, 3.8) is 0 Å².